The zero-order valence-corrected chi connectivity index (χ0v) is 23.1. The first-order valence-electron chi connectivity index (χ1n) is 12.3. The molecule has 1 saturated heterocycles. The molecule has 3 rings (SSSR count). The van der Waals surface area contributed by atoms with Crippen molar-refractivity contribution in [1.82, 2.24) is 15.1 Å². The standard InChI is InChI=1S/C24H29F2N3O4.C4H5F.CH2O/c1-5-16(3)17(4)21(6-2)31-10-11-32-23(30)29-14-24(25,26)15-33-22-19(8-7-9-20(22)29)18-12-27-28-13-18;1-3-4(2)5;1-2/h5-6,9,12-13H,1,7-8,10-11,14-15H2,2-4H3,(H,27,28);3H,1-2H2;1H2/b17-16-,21-6+;;. The number of nitrogens with one attached hydrogen (secondary N) is 1. The average Bonchev–Trinajstić information content (AvgIpc) is 3.45. The summed E-state index contributed by atoms with van der Waals surface area (Å²) in [6.07, 6.45) is 9.86. The fourth-order valence-electron chi connectivity index (χ4n) is 3.62. The molecule has 0 radical (unpaired) electrons. The van der Waals surface area contributed by atoms with Crippen molar-refractivity contribution in [2.24, 2.45) is 0 Å². The van der Waals surface area contributed by atoms with E-state index in [4.69, 9.17) is 19.0 Å². The number of ether oxygens (including phenoxy) is 3. The van der Waals surface area contributed by atoms with Crippen molar-refractivity contribution in [3.63, 3.8) is 0 Å². The predicted octanol–water partition coefficient (Wildman–Crippen LogP) is 6.82. The van der Waals surface area contributed by atoms with Gasteiger partial charge < -0.3 is 19.0 Å². The third-order valence-corrected chi connectivity index (χ3v) is 5.73. The minimum atomic E-state index is -3.23. The Balaban J connectivity index is 0.00000103. The monoisotopic (exact) mass is 563 g/mol. The number of aromatic nitrogens is 2. The number of allylic oxidation sites excluding steroid dienone is 8. The highest BCUT2D eigenvalue weighted by Gasteiger charge is 2.42. The van der Waals surface area contributed by atoms with Crippen LogP contribution in [0.15, 0.2) is 90.6 Å². The molecule has 1 N–H and O–H groups in total. The second kappa shape index (κ2) is 16.6. The lowest BCUT2D eigenvalue weighted by Gasteiger charge is -2.27. The van der Waals surface area contributed by atoms with E-state index in [1.165, 1.54) is 0 Å². The molecule has 0 unspecified atom stereocenters. The zero-order valence-electron chi connectivity index (χ0n) is 23.1. The van der Waals surface area contributed by atoms with E-state index in [0.29, 0.717) is 18.6 Å². The largest absolute Gasteiger partial charge is 0.490 e. The number of hydrogen-bond acceptors (Lipinski definition) is 6. The first-order chi connectivity index (χ1) is 19.0. The molecular weight excluding hydrogens is 527 g/mol. The summed E-state index contributed by atoms with van der Waals surface area (Å²) in [4.78, 5) is 21.8. The minimum Gasteiger partial charge on any atom is -0.490 e. The van der Waals surface area contributed by atoms with E-state index in [0.717, 1.165) is 33.3 Å². The molecule has 8 nitrogen and oxygen atoms in total. The number of alkyl halides is 2. The van der Waals surface area contributed by atoms with Crippen LogP contribution in [0, 0.1) is 0 Å². The molecule has 1 amide bonds. The number of halogens is 3. The maximum atomic E-state index is 14.4. The number of rotatable bonds is 8. The number of fused-ring (bicyclic) bond motifs is 1. The van der Waals surface area contributed by atoms with Crippen LogP contribution >= 0.6 is 0 Å². The van der Waals surface area contributed by atoms with Crippen molar-refractivity contribution < 1.29 is 37.0 Å². The summed E-state index contributed by atoms with van der Waals surface area (Å²) < 4.78 is 56.5. The third-order valence-electron chi connectivity index (χ3n) is 5.73. The van der Waals surface area contributed by atoms with Crippen LogP contribution in [0.4, 0.5) is 18.0 Å². The Morgan fingerprint density at radius 2 is 1.88 bits per heavy atom. The van der Waals surface area contributed by atoms with Crippen LogP contribution in [-0.2, 0) is 19.0 Å². The second-order valence-corrected chi connectivity index (χ2v) is 8.43. The fourth-order valence-corrected chi connectivity index (χ4v) is 3.62. The summed E-state index contributed by atoms with van der Waals surface area (Å²) in [6, 6.07) is 0. The van der Waals surface area contributed by atoms with Gasteiger partial charge in [0.1, 0.15) is 37.3 Å². The van der Waals surface area contributed by atoms with Gasteiger partial charge in [-0.25, -0.2) is 18.0 Å². The van der Waals surface area contributed by atoms with Crippen LogP contribution in [0.3, 0.4) is 0 Å². The van der Waals surface area contributed by atoms with Crippen LogP contribution in [0.25, 0.3) is 5.57 Å². The molecule has 2 aliphatic rings. The molecule has 218 valence electrons. The predicted molar refractivity (Wildman–Crippen MR) is 148 cm³/mol. The molecule has 1 fully saturated rings. The Bertz CT molecular complexity index is 1170. The maximum absolute atomic E-state index is 14.4. The summed E-state index contributed by atoms with van der Waals surface area (Å²) >= 11 is 0. The van der Waals surface area contributed by atoms with Gasteiger partial charge in [0.2, 0.25) is 0 Å². The molecule has 2 heterocycles. The minimum absolute atomic E-state index is 0.0793. The smallest absolute Gasteiger partial charge is 0.414 e. The topological polar surface area (TPSA) is 93.8 Å². The van der Waals surface area contributed by atoms with E-state index in [2.05, 4.69) is 29.9 Å². The Morgan fingerprint density at radius 3 is 2.42 bits per heavy atom. The van der Waals surface area contributed by atoms with Crippen LogP contribution in [0.2, 0.25) is 0 Å². The van der Waals surface area contributed by atoms with E-state index >= 15 is 0 Å². The van der Waals surface area contributed by atoms with Crippen molar-refractivity contribution in [2.45, 2.75) is 39.5 Å². The van der Waals surface area contributed by atoms with Crippen molar-refractivity contribution in [2.75, 3.05) is 26.4 Å². The average molecular weight is 564 g/mol. The molecule has 1 aliphatic carbocycles. The molecule has 1 aromatic heterocycles. The number of nitrogens with zero attached hydrogens (tertiary/aromatic N) is 2. The SMILES string of the molecule is C=C/C(C)=C(C)\C(=C/C)OCCOC(=O)N1CC(F)(F)COC2=C(c3cn[nH]c3)CCC=C21.C=CC(=C)F.C=O. The Labute approximate surface area is 232 Å². The lowest BCUT2D eigenvalue weighted by molar-refractivity contribution is -0.0980. The van der Waals surface area contributed by atoms with Gasteiger partial charge in [0.05, 0.1) is 18.4 Å². The number of amides is 1. The lowest BCUT2D eigenvalue weighted by Crippen LogP contribution is -2.40. The molecule has 11 heteroatoms. The van der Waals surface area contributed by atoms with Gasteiger partial charge in [0, 0.05) is 17.3 Å². The molecular formula is C29H36F3N3O5. The molecule has 0 atom stereocenters. The Morgan fingerprint density at radius 1 is 1.23 bits per heavy atom. The van der Waals surface area contributed by atoms with Crippen LogP contribution in [-0.4, -0.2) is 60.3 Å². The normalized spacial score (nSPS) is 16.6. The van der Waals surface area contributed by atoms with Gasteiger partial charge in [-0.2, -0.15) is 5.10 Å². The number of H-pyrrole nitrogens is 1. The fraction of sp³-hybridized carbons (Fsp3) is 0.345. The van der Waals surface area contributed by atoms with Crippen LogP contribution in [0.1, 0.15) is 39.2 Å². The van der Waals surface area contributed by atoms with Crippen molar-refractivity contribution in [3.8, 4) is 0 Å². The zero-order chi connectivity index (χ0) is 30.3. The van der Waals surface area contributed by atoms with E-state index in [1.54, 1.807) is 30.6 Å². The lowest BCUT2D eigenvalue weighted by atomic mass is 9.96. The molecule has 0 aromatic carbocycles. The highest BCUT2D eigenvalue weighted by Crippen LogP contribution is 2.38. The third kappa shape index (κ3) is 9.79. The molecule has 1 aliphatic heterocycles. The summed E-state index contributed by atoms with van der Waals surface area (Å²) in [7, 11) is 0. The van der Waals surface area contributed by atoms with Gasteiger partial charge in [0.15, 0.2) is 6.61 Å². The summed E-state index contributed by atoms with van der Waals surface area (Å²) in [5.74, 6) is -2.82. The summed E-state index contributed by atoms with van der Waals surface area (Å²) in [6.45, 7) is 15.7. The van der Waals surface area contributed by atoms with Crippen molar-refractivity contribution in [3.05, 3.63) is 96.2 Å². The number of carbonyl (C=O) groups is 2. The highest BCUT2D eigenvalue weighted by atomic mass is 19.3. The van der Waals surface area contributed by atoms with E-state index < -0.39 is 31.0 Å². The maximum Gasteiger partial charge on any atom is 0.414 e. The van der Waals surface area contributed by atoms with E-state index in [9.17, 15) is 18.0 Å². The highest BCUT2D eigenvalue weighted by molar-refractivity contribution is 5.77. The van der Waals surface area contributed by atoms with Crippen LogP contribution in [0.5, 0.6) is 0 Å². The first kappa shape index (κ1) is 33.7. The van der Waals surface area contributed by atoms with Gasteiger partial charge in [-0.15, -0.1) is 0 Å². The second-order valence-electron chi connectivity index (χ2n) is 8.43. The van der Waals surface area contributed by atoms with Gasteiger partial charge in [-0.05, 0) is 56.9 Å². The summed E-state index contributed by atoms with van der Waals surface area (Å²) in [5.41, 5.74) is 3.62. The quantitative estimate of drug-likeness (QED) is 0.212. The number of hydrogen-bond donors (Lipinski definition) is 1. The van der Waals surface area contributed by atoms with Gasteiger partial charge in [0.25, 0.3) is 5.92 Å². The molecule has 40 heavy (non-hydrogen) atoms. The van der Waals surface area contributed by atoms with Gasteiger partial charge in [-0.3, -0.25) is 10.00 Å². The van der Waals surface area contributed by atoms with Gasteiger partial charge >= 0.3 is 6.09 Å². The van der Waals surface area contributed by atoms with Gasteiger partial charge in [-0.1, -0.05) is 31.9 Å². The summed E-state index contributed by atoms with van der Waals surface area (Å²) in [5, 5.41) is 6.64. The first-order valence-corrected chi connectivity index (χ1v) is 12.3. The van der Waals surface area contributed by atoms with E-state index in [-0.39, 0.29) is 24.7 Å². The number of carbonyl (C=O) groups excluding carboxylic acids is 2. The molecule has 0 saturated carbocycles. The molecule has 1 aromatic rings. The van der Waals surface area contributed by atoms with Crippen molar-refractivity contribution in [1.29, 1.82) is 0 Å². The Kier molecular flexibility index (Phi) is 14.0. The van der Waals surface area contributed by atoms with Crippen LogP contribution < -0.4 is 0 Å². The van der Waals surface area contributed by atoms with E-state index in [1.807, 2.05) is 27.6 Å². The molecule has 0 spiro atoms. The number of aromatic amines is 1. The molecule has 0 bridgehead atoms. The Hall–Kier alpha value is -4.28. The van der Waals surface area contributed by atoms with Crippen molar-refractivity contribution >= 4 is 18.5 Å².